The Bertz CT molecular complexity index is 1010. The van der Waals surface area contributed by atoms with E-state index < -0.39 is 11.9 Å². The number of carbonyl (C=O) groups is 2. The highest BCUT2D eigenvalue weighted by molar-refractivity contribution is 7.99. The van der Waals surface area contributed by atoms with Gasteiger partial charge in [0.15, 0.2) is 11.5 Å². The topological polar surface area (TPSA) is 80.9 Å². The molecule has 0 saturated heterocycles. The zero-order chi connectivity index (χ0) is 18.6. The zero-order valence-electron chi connectivity index (χ0n) is 14.0. The molecule has 0 spiro atoms. The predicted octanol–water partition coefficient (Wildman–Crippen LogP) is 4.05. The van der Waals surface area contributed by atoms with Crippen LogP contribution in [0.2, 0.25) is 0 Å². The molecule has 1 N–H and O–H groups in total. The van der Waals surface area contributed by atoms with E-state index in [2.05, 4.69) is 10.3 Å². The summed E-state index contributed by atoms with van der Waals surface area (Å²) in [6.07, 6.45) is 1.47. The van der Waals surface area contributed by atoms with Crippen LogP contribution >= 0.6 is 11.8 Å². The maximum atomic E-state index is 11.8. The van der Waals surface area contributed by atoms with Crippen LogP contribution < -0.4 is 10.1 Å². The van der Waals surface area contributed by atoms with E-state index in [1.54, 1.807) is 6.07 Å². The monoisotopic (exact) mass is 378 g/mol. The highest BCUT2D eigenvalue weighted by Gasteiger charge is 2.29. The SMILES string of the molecule is O=C1N=C(c2occc2Sc2ccc(OCc3ccccc3)cc2)C(=O)N1. The van der Waals surface area contributed by atoms with E-state index in [1.807, 2.05) is 54.6 Å². The van der Waals surface area contributed by atoms with Gasteiger partial charge in [0.1, 0.15) is 12.4 Å². The Labute approximate surface area is 159 Å². The summed E-state index contributed by atoms with van der Waals surface area (Å²) in [5.74, 6) is 0.495. The quantitative estimate of drug-likeness (QED) is 0.700. The lowest BCUT2D eigenvalue weighted by Gasteiger charge is -2.07. The first-order valence-electron chi connectivity index (χ1n) is 8.15. The second-order valence-corrected chi connectivity index (χ2v) is 6.80. The van der Waals surface area contributed by atoms with Crippen LogP contribution in [0, 0.1) is 0 Å². The normalized spacial score (nSPS) is 13.4. The molecule has 3 aromatic rings. The molecule has 0 bridgehead atoms. The van der Waals surface area contributed by atoms with Gasteiger partial charge in [-0.15, -0.1) is 0 Å². The summed E-state index contributed by atoms with van der Waals surface area (Å²) < 4.78 is 11.1. The van der Waals surface area contributed by atoms with Gasteiger partial charge >= 0.3 is 6.03 Å². The van der Waals surface area contributed by atoms with Gasteiger partial charge in [0.25, 0.3) is 5.91 Å². The summed E-state index contributed by atoms with van der Waals surface area (Å²) in [6, 6.07) is 18.6. The van der Waals surface area contributed by atoms with Crippen LogP contribution in [0.3, 0.4) is 0 Å². The average molecular weight is 378 g/mol. The van der Waals surface area contributed by atoms with Crippen molar-refractivity contribution in [3.8, 4) is 5.75 Å². The molecular weight excluding hydrogens is 364 g/mol. The number of ether oxygens (including phenoxy) is 1. The van der Waals surface area contributed by atoms with Crippen molar-refractivity contribution in [2.24, 2.45) is 4.99 Å². The highest BCUT2D eigenvalue weighted by Crippen LogP contribution is 2.33. The van der Waals surface area contributed by atoms with Crippen molar-refractivity contribution in [1.82, 2.24) is 5.32 Å². The Kier molecular flexibility index (Phi) is 4.76. The van der Waals surface area contributed by atoms with E-state index in [9.17, 15) is 9.59 Å². The van der Waals surface area contributed by atoms with Crippen LogP contribution in [0.25, 0.3) is 0 Å². The number of amides is 3. The average Bonchev–Trinajstić information content (AvgIpc) is 3.27. The molecule has 1 aliphatic rings. The van der Waals surface area contributed by atoms with Crippen LogP contribution in [0.5, 0.6) is 5.75 Å². The molecule has 0 fully saturated rings. The lowest BCUT2D eigenvalue weighted by Crippen LogP contribution is -2.25. The van der Waals surface area contributed by atoms with E-state index >= 15 is 0 Å². The van der Waals surface area contributed by atoms with Crippen LogP contribution in [0.4, 0.5) is 4.79 Å². The standard InChI is InChI=1S/C20H14N2O4S/c23-19-17(21-20(24)22-19)18-16(10-11-25-18)27-15-8-6-14(7-9-15)26-12-13-4-2-1-3-5-13/h1-11H,12H2,(H,22,23,24). The number of aliphatic imine (C=N–C) groups is 1. The van der Waals surface area contributed by atoms with Gasteiger partial charge in [-0.2, -0.15) is 4.99 Å². The lowest BCUT2D eigenvalue weighted by molar-refractivity contribution is -0.113. The first kappa shape index (κ1) is 17.1. The number of urea groups is 1. The summed E-state index contributed by atoms with van der Waals surface area (Å²) in [4.78, 5) is 28.3. The van der Waals surface area contributed by atoms with Crippen molar-refractivity contribution in [2.45, 2.75) is 16.4 Å². The Hall–Kier alpha value is -3.32. The molecule has 2 aromatic carbocycles. The second kappa shape index (κ2) is 7.51. The lowest BCUT2D eigenvalue weighted by atomic mass is 10.2. The Balaban J connectivity index is 1.44. The third-order valence-electron chi connectivity index (χ3n) is 3.79. The maximum absolute atomic E-state index is 11.8. The number of nitrogens with zero attached hydrogens (tertiary/aromatic N) is 1. The van der Waals surface area contributed by atoms with E-state index in [4.69, 9.17) is 9.15 Å². The second-order valence-electron chi connectivity index (χ2n) is 5.68. The van der Waals surface area contributed by atoms with E-state index in [0.717, 1.165) is 16.2 Å². The summed E-state index contributed by atoms with van der Waals surface area (Å²) in [5.41, 5.74) is 1.10. The Morgan fingerprint density at radius 3 is 2.48 bits per heavy atom. The van der Waals surface area contributed by atoms with E-state index in [-0.39, 0.29) is 11.5 Å². The number of hydrogen-bond acceptors (Lipinski definition) is 5. The number of rotatable bonds is 6. The van der Waals surface area contributed by atoms with Crippen LogP contribution in [0.15, 0.2) is 86.1 Å². The summed E-state index contributed by atoms with van der Waals surface area (Å²) >= 11 is 1.41. The number of hydrogen-bond donors (Lipinski definition) is 1. The number of imide groups is 1. The smallest absolute Gasteiger partial charge is 0.348 e. The number of furan rings is 1. The fraction of sp³-hybridized carbons (Fsp3) is 0.0500. The van der Waals surface area contributed by atoms with E-state index in [1.165, 1.54) is 18.0 Å². The zero-order valence-corrected chi connectivity index (χ0v) is 14.9. The fourth-order valence-electron chi connectivity index (χ4n) is 2.51. The molecule has 0 saturated carbocycles. The van der Waals surface area contributed by atoms with Gasteiger partial charge in [-0.25, -0.2) is 4.79 Å². The molecule has 1 aliphatic heterocycles. The first-order chi connectivity index (χ1) is 13.2. The van der Waals surface area contributed by atoms with Crippen LogP contribution in [-0.4, -0.2) is 17.6 Å². The third-order valence-corrected chi connectivity index (χ3v) is 4.84. The van der Waals surface area contributed by atoms with Crippen molar-refractivity contribution in [1.29, 1.82) is 0 Å². The summed E-state index contributed by atoms with van der Waals surface area (Å²) in [5, 5.41) is 2.11. The van der Waals surface area contributed by atoms with Crippen LogP contribution in [0.1, 0.15) is 11.3 Å². The van der Waals surface area contributed by atoms with Crippen molar-refractivity contribution < 1.29 is 18.7 Å². The van der Waals surface area contributed by atoms with Gasteiger partial charge in [0, 0.05) is 4.90 Å². The molecule has 27 heavy (non-hydrogen) atoms. The summed E-state index contributed by atoms with van der Waals surface area (Å²) in [6.45, 7) is 0.502. The molecule has 7 heteroatoms. The van der Waals surface area contributed by atoms with Gasteiger partial charge in [0.05, 0.1) is 11.2 Å². The minimum absolute atomic E-state index is 0.00434. The van der Waals surface area contributed by atoms with Gasteiger partial charge in [0.2, 0.25) is 0 Å². The fourth-order valence-corrected chi connectivity index (χ4v) is 3.40. The predicted molar refractivity (Wildman–Crippen MR) is 100 cm³/mol. The Morgan fingerprint density at radius 2 is 1.78 bits per heavy atom. The molecule has 2 heterocycles. The number of nitrogens with one attached hydrogen (secondary N) is 1. The van der Waals surface area contributed by atoms with Gasteiger partial charge in [-0.05, 0) is 35.9 Å². The molecule has 4 rings (SSSR count). The summed E-state index contributed by atoms with van der Waals surface area (Å²) in [7, 11) is 0. The van der Waals surface area contributed by atoms with Gasteiger partial charge in [-0.1, -0.05) is 42.1 Å². The van der Waals surface area contributed by atoms with Crippen molar-refractivity contribution in [2.75, 3.05) is 0 Å². The molecule has 0 unspecified atom stereocenters. The Morgan fingerprint density at radius 1 is 1.00 bits per heavy atom. The van der Waals surface area contributed by atoms with Crippen LogP contribution in [-0.2, 0) is 11.4 Å². The number of carbonyl (C=O) groups excluding carboxylic acids is 2. The third kappa shape index (κ3) is 3.93. The molecule has 3 amide bonds. The van der Waals surface area contributed by atoms with Gasteiger partial charge < -0.3 is 9.15 Å². The minimum atomic E-state index is -0.678. The largest absolute Gasteiger partial charge is 0.489 e. The van der Waals surface area contributed by atoms with Crippen molar-refractivity contribution in [3.63, 3.8) is 0 Å². The van der Waals surface area contributed by atoms with Gasteiger partial charge in [-0.3, -0.25) is 10.1 Å². The molecule has 6 nitrogen and oxygen atoms in total. The minimum Gasteiger partial charge on any atom is -0.489 e. The molecule has 0 atom stereocenters. The molecule has 1 aromatic heterocycles. The maximum Gasteiger partial charge on any atom is 0.348 e. The molecule has 134 valence electrons. The molecular formula is C20H14N2O4S. The first-order valence-corrected chi connectivity index (χ1v) is 8.97. The van der Waals surface area contributed by atoms with E-state index in [0.29, 0.717) is 11.5 Å². The molecule has 0 radical (unpaired) electrons. The van der Waals surface area contributed by atoms with Crippen molar-refractivity contribution >= 4 is 29.4 Å². The number of benzene rings is 2. The van der Waals surface area contributed by atoms with Crippen molar-refractivity contribution in [3.05, 3.63) is 78.3 Å². The highest BCUT2D eigenvalue weighted by atomic mass is 32.2. The molecule has 0 aliphatic carbocycles.